The molecule has 0 atom stereocenters. The van der Waals surface area contributed by atoms with Gasteiger partial charge in [0, 0.05) is 0 Å². The molecule has 1 aromatic heterocycles. The molecule has 0 bridgehead atoms. The lowest BCUT2D eigenvalue weighted by Crippen LogP contribution is -1.99. The lowest BCUT2D eigenvalue weighted by Gasteiger charge is -2.04. The van der Waals surface area contributed by atoms with Crippen molar-refractivity contribution in [2.45, 2.75) is 25.7 Å². The second-order valence-corrected chi connectivity index (χ2v) is 3.31. The molecule has 0 aromatic carbocycles. The third-order valence-electron chi connectivity index (χ3n) is 2.19. The summed E-state index contributed by atoms with van der Waals surface area (Å²) in [6, 6.07) is 1.65. The molecule has 0 aliphatic heterocycles. The van der Waals surface area contributed by atoms with Gasteiger partial charge in [-0.05, 0) is 37.3 Å². The number of nitrogens with two attached hydrogens (primary N) is 1. The minimum Gasteiger partial charge on any atom is -0.384 e. The van der Waals surface area contributed by atoms with Crippen molar-refractivity contribution in [3.05, 3.63) is 23.1 Å². The van der Waals surface area contributed by atoms with Crippen molar-refractivity contribution in [3.63, 3.8) is 0 Å². The number of anilines is 1. The number of nitrogen functional groups attached to an aromatic ring is 1. The van der Waals surface area contributed by atoms with Crippen molar-refractivity contribution < 1.29 is 4.39 Å². The lowest BCUT2D eigenvalue weighted by atomic mass is 10.1. The van der Waals surface area contributed by atoms with Gasteiger partial charge in [0.25, 0.3) is 0 Å². The average molecular weight is 166 g/mol. The Balaban J connectivity index is 2.51. The van der Waals surface area contributed by atoms with Crippen LogP contribution in [0.4, 0.5) is 10.2 Å². The lowest BCUT2D eigenvalue weighted by molar-refractivity contribution is 0.593. The first-order valence-corrected chi connectivity index (χ1v) is 4.11. The molecule has 2 N–H and O–H groups in total. The number of hydrogen-bond acceptors (Lipinski definition) is 2. The molecule has 2 rings (SSSR count). The molecule has 3 heteroatoms. The zero-order chi connectivity index (χ0) is 8.72. The molecular weight excluding hydrogens is 155 g/mol. The van der Waals surface area contributed by atoms with E-state index in [1.165, 1.54) is 0 Å². The van der Waals surface area contributed by atoms with Crippen LogP contribution in [-0.4, -0.2) is 4.98 Å². The van der Waals surface area contributed by atoms with Crippen molar-refractivity contribution in [1.82, 2.24) is 4.98 Å². The van der Waals surface area contributed by atoms with Crippen molar-refractivity contribution >= 4 is 5.82 Å². The first kappa shape index (κ1) is 7.53. The number of halogens is 1. The predicted molar refractivity (Wildman–Crippen MR) is 45.3 cm³/mol. The van der Waals surface area contributed by atoms with E-state index in [9.17, 15) is 4.39 Å². The second-order valence-electron chi connectivity index (χ2n) is 3.31. The van der Waals surface area contributed by atoms with E-state index in [0.29, 0.717) is 17.4 Å². The van der Waals surface area contributed by atoms with Crippen LogP contribution in [0, 0.1) is 12.7 Å². The van der Waals surface area contributed by atoms with Gasteiger partial charge in [-0.15, -0.1) is 0 Å². The summed E-state index contributed by atoms with van der Waals surface area (Å²) in [6.45, 7) is 1.65. The van der Waals surface area contributed by atoms with Crippen molar-refractivity contribution in [3.8, 4) is 0 Å². The maximum Gasteiger partial charge on any atom is 0.148 e. The number of rotatable bonds is 1. The average Bonchev–Trinajstić information content (AvgIpc) is 2.79. The number of nitrogens with zero attached hydrogens (tertiary/aromatic N) is 1. The molecule has 12 heavy (non-hydrogen) atoms. The van der Waals surface area contributed by atoms with Crippen LogP contribution in [-0.2, 0) is 0 Å². The van der Waals surface area contributed by atoms with Gasteiger partial charge in [-0.3, -0.25) is 0 Å². The zero-order valence-electron chi connectivity index (χ0n) is 6.97. The van der Waals surface area contributed by atoms with Crippen LogP contribution in [0.25, 0.3) is 0 Å². The molecule has 1 aliphatic carbocycles. The van der Waals surface area contributed by atoms with E-state index in [2.05, 4.69) is 4.98 Å². The minimum absolute atomic E-state index is 0.174. The predicted octanol–water partition coefficient (Wildman–Crippen LogP) is 1.99. The van der Waals surface area contributed by atoms with Gasteiger partial charge in [-0.2, -0.15) is 0 Å². The Bertz CT molecular complexity index is 319. The fourth-order valence-corrected chi connectivity index (χ4v) is 1.40. The molecule has 0 saturated heterocycles. The highest BCUT2D eigenvalue weighted by Gasteiger charge is 2.27. The molecule has 1 aliphatic rings. The molecule has 2 nitrogen and oxygen atoms in total. The van der Waals surface area contributed by atoms with Crippen LogP contribution in [0.15, 0.2) is 6.07 Å². The fourth-order valence-electron chi connectivity index (χ4n) is 1.40. The smallest absolute Gasteiger partial charge is 0.148 e. The first-order valence-electron chi connectivity index (χ1n) is 4.11. The number of hydrogen-bond donors (Lipinski definition) is 1. The molecule has 64 valence electrons. The van der Waals surface area contributed by atoms with Crippen molar-refractivity contribution in [2.75, 3.05) is 5.73 Å². The second kappa shape index (κ2) is 2.44. The molecule has 1 heterocycles. The van der Waals surface area contributed by atoms with Gasteiger partial charge in [0.05, 0.1) is 5.69 Å². The maximum absolute atomic E-state index is 13.4. The van der Waals surface area contributed by atoms with Crippen LogP contribution >= 0.6 is 0 Å². The van der Waals surface area contributed by atoms with Crippen molar-refractivity contribution in [2.24, 2.45) is 0 Å². The highest BCUT2D eigenvalue weighted by molar-refractivity contribution is 5.39. The van der Waals surface area contributed by atoms with E-state index in [0.717, 1.165) is 18.4 Å². The third-order valence-corrected chi connectivity index (χ3v) is 2.19. The third kappa shape index (κ3) is 1.15. The molecule has 0 unspecified atom stereocenters. The summed E-state index contributed by atoms with van der Waals surface area (Å²) >= 11 is 0. The number of pyridine rings is 1. The van der Waals surface area contributed by atoms with Crippen molar-refractivity contribution in [1.29, 1.82) is 0 Å². The highest BCUT2D eigenvalue weighted by atomic mass is 19.1. The molecule has 1 aromatic rings. The van der Waals surface area contributed by atoms with Gasteiger partial charge in [0.2, 0.25) is 0 Å². The standard InChI is InChI=1S/C9H11FN2/c1-5-9(10)7(6-2-3-6)4-8(11)12-5/h4,6H,2-3H2,1H3,(H2,11,12). The van der Waals surface area contributed by atoms with E-state index < -0.39 is 0 Å². The topological polar surface area (TPSA) is 38.9 Å². The minimum atomic E-state index is -0.174. The Kier molecular flexibility index (Phi) is 1.53. The summed E-state index contributed by atoms with van der Waals surface area (Å²) in [4.78, 5) is 3.85. The Hall–Kier alpha value is -1.12. The Morgan fingerprint density at radius 1 is 1.58 bits per heavy atom. The fraction of sp³-hybridized carbons (Fsp3) is 0.444. The number of aromatic nitrogens is 1. The van der Waals surface area contributed by atoms with Gasteiger partial charge in [-0.1, -0.05) is 0 Å². The Morgan fingerprint density at radius 3 is 2.83 bits per heavy atom. The van der Waals surface area contributed by atoms with Crippen LogP contribution in [0.3, 0.4) is 0 Å². The Labute approximate surface area is 70.6 Å². The quantitative estimate of drug-likeness (QED) is 0.692. The largest absolute Gasteiger partial charge is 0.384 e. The molecule has 0 radical (unpaired) electrons. The van der Waals surface area contributed by atoms with E-state index >= 15 is 0 Å². The maximum atomic E-state index is 13.4. The van der Waals surface area contributed by atoms with Crippen LogP contribution in [0.2, 0.25) is 0 Å². The Morgan fingerprint density at radius 2 is 2.25 bits per heavy atom. The summed E-state index contributed by atoms with van der Waals surface area (Å²) < 4.78 is 13.4. The number of aryl methyl sites for hydroxylation is 1. The van der Waals surface area contributed by atoms with E-state index in [1.54, 1.807) is 13.0 Å². The zero-order valence-corrected chi connectivity index (χ0v) is 6.97. The first-order chi connectivity index (χ1) is 5.68. The monoisotopic (exact) mass is 166 g/mol. The summed E-state index contributed by atoms with van der Waals surface area (Å²) in [5, 5.41) is 0. The van der Waals surface area contributed by atoms with Gasteiger partial charge >= 0.3 is 0 Å². The van der Waals surface area contributed by atoms with E-state index in [-0.39, 0.29) is 5.82 Å². The van der Waals surface area contributed by atoms with Gasteiger partial charge in [0.1, 0.15) is 11.6 Å². The van der Waals surface area contributed by atoms with Crippen LogP contribution in [0.1, 0.15) is 30.0 Å². The summed E-state index contributed by atoms with van der Waals surface area (Å²) in [7, 11) is 0. The summed E-state index contributed by atoms with van der Waals surface area (Å²) in [5.74, 6) is 0.650. The van der Waals surface area contributed by atoms with E-state index in [1.807, 2.05) is 0 Å². The van der Waals surface area contributed by atoms with Gasteiger partial charge in [-0.25, -0.2) is 9.37 Å². The van der Waals surface area contributed by atoms with E-state index in [4.69, 9.17) is 5.73 Å². The molecule has 0 spiro atoms. The summed E-state index contributed by atoms with van der Waals surface area (Å²) in [6.07, 6.45) is 2.17. The normalized spacial score (nSPS) is 16.5. The molecular formula is C9H11FN2. The van der Waals surface area contributed by atoms with Gasteiger partial charge in [0.15, 0.2) is 0 Å². The molecule has 0 amide bonds. The van der Waals surface area contributed by atoms with Crippen LogP contribution in [0.5, 0.6) is 0 Å². The molecule has 1 saturated carbocycles. The van der Waals surface area contributed by atoms with Gasteiger partial charge < -0.3 is 5.73 Å². The highest BCUT2D eigenvalue weighted by Crippen LogP contribution is 2.41. The van der Waals surface area contributed by atoms with Crippen LogP contribution < -0.4 is 5.73 Å². The summed E-state index contributed by atoms with van der Waals surface area (Å²) in [5.41, 5.74) is 6.68. The molecule has 1 fully saturated rings. The SMILES string of the molecule is Cc1nc(N)cc(C2CC2)c1F.